The summed E-state index contributed by atoms with van der Waals surface area (Å²) in [5.41, 5.74) is 1.75. The Balaban J connectivity index is 2.43. The molecule has 1 N–H and O–H groups in total. The summed E-state index contributed by atoms with van der Waals surface area (Å²) in [6.45, 7) is 2.20. The monoisotopic (exact) mass is 274 g/mol. The predicted octanol–water partition coefficient (Wildman–Crippen LogP) is 4.02. The smallest absolute Gasteiger partial charge is 0.328 e. The number of carboxylic acids is 1. The number of aryl methyl sites for hydroxylation is 1. The number of unbranched alkanes of at least 4 members (excludes halogenated alkanes) is 4. The number of allylic oxidation sites excluding steroid dienone is 1. The van der Waals surface area contributed by atoms with E-state index in [0.717, 1.165) is 18.6 Å². The Morgan fingerprint density at radius 2 is 1.65 bits per heavy atom. The molecule has 0 unspecified atom stereocenters. The van der Waals surface area contributed by atoms with E-state index in [4.69, 9.17) is 5.11 Å². The molecule has 3 heteroatoms. The predicted molar refractivity (Wildman–Crippen MR) is 80.0 cm³/mol. The summed E-state index contributed by atoms with van der Waals surface area (Å²) < 4.78 is 0. The van der Waals surface area contributed by atoms with Gasteiger partial charge in [0.1, 0.15) is 0 Å². The molecule has 0 saturated carbocycles. The van der Waals surface area contributed by atoms with E-state index in [1.54, 1.807) is 12.1 Å². The minimum absolute atomic E-state index is 0.276. The van der Waals surface area contributed by atoms with Gasteiger partial charge in [0.15, 0.2) is 5.78 Å². The third-order valence-electron chi connectivity index (χ3n) is 3.18. The van der Waals surface area contributed by atoms with Crippen molar-refractivity contribution in [2.75, 3.05) is 0 Å². The summed E-state index contributed by atoms with van der Waals surface area (Å²) in [7, 11) is 0. The lowest BCUT2D eigenvalue weighted by atomic mass is 10.0. The van der Waals surface area contributed by atoms with Gasteiger partial charge in [-0.05, 0) is 24.5 Å². The van der Waals surface area contributed by atoms with Crippen LogP contribution in [0.5, 0.6) is 0 Å². The van der Waals surface area contributed by atoms with Crippen molar-refractivity contribution in [2.24, 2.45) is 0 Å². The third-order valence-corrected chi connectivity index (χ3v) is 3.18. The highest BCUT2D eigenvalue weighted by Gasteiger charge is 2.02. The molecule has 0 bridgehead atoms. The van der Waals surface area contributed by atoms with E-state index in [9.17, 15) is 9.59 Å². The third kappa shape index (κ3) is 6.32. The van der Waals surface area contributed by atoms with Crippen LogP contribution in [0.4, 0.5) is 0 Å². The van der Waals surface area contributed by atoms with Gasteiger partial charge in [0, 0.05) is 11.6 Å². The molecule has 0 spiro atoms. The van der Waals surface area contributed by atoms with Crippen molar-refractivity contribution in [3.05, 3.63) is 47.5 Å². The van der Waals surface area contributed by atoms with Crippen LogP contribution in [0.1, 0.15) is 54.9 Å². The van der Waals surface area contributed by atoms with E-state index in [2.05, 4.69) is 6.92 Å². The van der Waals surface area contributed by atoms with Gasteiger partial charge in [0.2, 0.25) is 0 Å². The Labute approximate surface area is 120 Å². The summed E-state index contributed by atoms with van der Waals surface area (Å²) in [6.07, 6.45) is 9.23. The van der Waals surface area contributed by atoms with E-state index >= 15 is 0 Å². The second-order valence-electron chi connectivity index (χ2n) is 4.90. The molecule has 0 aliphatic heterocycles. The van der Waals surface area contributed by atoms with Crippen molar-refractivity contribution in [1.82, 2.24) is 0 Å². The van der Waals surface area contributed by atoms with Crippen LogP contribution in [0, 0.1) is 0 Å². The molecule has 0 saturated heterocycles. The number of ketones is 1. The maximum absolute atomic E-state index is 11.6. The quantitative estimate of drug-likeness (QED) is 0.420. The lowest BCUT2D eigenvalue weighted by Gasteiger charge is -2.03. The Bertz CT molecular complexity index is 458. The molecule has 0 aromatic heterocycles. The minimum Gasteiger partial charge on any atom is -0.478 e. The number of rotatable bonds is 9. The number of carbonyl (C=O) groups is 2. The molecule has 0 fully saturated rings. The van der Waals surface area contributed by atoms with Crippen LogP contribution in [-0.4, -0.2) is 16.9 Å². The zero-order valence-corrected chi connectivity index (χ0v) is 12.0. The van der Waals surface area contributed by atoms with Gasteiger partial charge in [0.25, 0.3) is 0 Å². The lowest BCUT2D eigenvalue weighted by Crippen LogP contribution is -1.97. The molecule has 3 nitrogen and oxygen atoms in total. The first-order chi connectivity index (χ1) is 9.63. The van der Waals surface area contributed by atoms with Crippen molar-refractivity contribution < 1.29 is 14.7 Å². The van der Waals surface area contributed by atoms with Gasteiger partial charge in [-0.2, -0.15) is 0 Å². The van der Waals surface area contributed by atoms with Crippen LogP contribution in [-0.2, 0) is 11.2 Å². The summed E-state index contributed by atoms with van der Waals surface area (Å²) in [5, 5.41) is 8.47. The first kappa shape index (κ1) is 16.2. The summed E-state index contributed by atoms with van der Waals surface area (Å²) >= 11 is 0. The number of hydrogen-bond donors (Lipinski definition) is 1. The molecule has 0 radical (unpaired) electrons. The summed E-state index contributed by atoms with van der Waals surface area (Å²) in [5.74, 6) is -1.39. The van der Waals surface area contributed by atoms with Gasteiger partial charge in [-0.15, -0.1) is 0 Å². The average Bonchev–Trinajstić information content (AvgIpc) is 2.45. The zero-order chi connectivity index (χ0) is 14.8. The van der Waals surface area contributed by atoms with Crippen LogP contribution < -0.4 is 0 Å². The van der Waals surface area contributed by atoms with Gasteiger partial charge in [-0.25, -0.2) is 4.79 Å². The largest absolute Gasteiger partial charge is 0.478 e. The Morgan fingerprint density at radius 1 is 1.00 bits per heavy atom. The van der Waals surface area contributed by atoms with Crippen molar-refractivity contribution in [3.8, 4) is 0 Å². The minimum atomic E-state index is -1.11. The highest BCUT2D eigenvalue weighted by Crippen LogP contribution is 2.11. The van der Waals surface area contributed by atoms with E-state index in [-0.39, 0.29) is 5.78 Å². The van der Waals surface area contributed by atoms with Gasteiger partial charge in [0.05, 0.1) is 0 Å². The highest BCUT2D eigenvalue weighted by atomic mass is 16.4. The first-order valence-corrected chi connectivity index (χ1v) is 7.17. The van der Waals surface area contributed by atoms with Gasteiger partial charge in [-0.3, -0.25) is 4.79 Å². The maximum atomic E-state index is 11.6. The van der Waals surface area contributed by atoms with Gasteiger partial charge < -0.3 is 5.11 Å². The SMILES string of the molecule is CCCCCCCc1ccc(C(=O)/C=C/C(=O)O)cc1. The highest BCUT2D eigenvalue weighted by molar-refractivity contribution is 6.06. The molecule has 0 aliphatic carbocycles. The average molecular weight is 274 g/mol. The standard InChI is InChI=1S/C17H22O3/c1-2-3-4-5-6-7-14-8-10-15(11-9-14)16(18)12-13-17(19)20/h8-13H,2-7H2,1H3,(H,19,20)/b13-12+. The first-order valence-electron chi connectivity index (χ1n) is 7.17. The lowest BCUT2D eigenvalue weighted by molar-refractivity contribution is -0.131. The molecule has 0 atom stereocenters. The van der Waals surface area contributed by atoms with Crippen LogP contribution in [0.25, 0.3) is 0 Å². The molecule has 1 rings (SSSR count). The van der Waals surface area contributed by atoms with Crippen LogP contribution in [0.3, 0.4) is 0 Å². The number of hydrogen-bond acceptors (Lipinski definition) is 2. The van der Waals surface area contributed by atoms with Crippen LogP contribution >= 0.6 is 0 Å². The Kier molecular flexibility index (Phi) is 7.33. The number of benzene rings is 1. The van der Waals surface area contributed by atoms with Crippen molar-refractivity contribution >= 4 is 11.8 Å². The van der Waals surface area contributed by atoms with E-state index in [0.29, 0.717) is 5.56 Å². The fourth-order valence-corrected chi connectivity index (χ4v) is 2.01. The Hall–Kier alpha value is -1.90. The molecule has 0 aliphatic rings. The molecule has 1 aromatic rings. The molecule has 0 amide bonds. The van der Waals surface area contributed by atoms with E-state index in [1.807, 2.05) is 12.1 Å². The Morgan fingerprint density at radius 3 is 2.25 bits per heavy atom. The molecule has 108 valence electrons. The van der Waals surface area contributed by atoms with Crippen LogP contribution in [0.15, 0.2) is 36.4 Å². The summed E-state index contributed by atoms with van der Waals surface area (Å²) in [4.78, 5) is 22.0. The van der Waals surface area contributed by atoms with Crippen LogP contribution in [0.2, 0.25) is 0 Å². The fourth-order valence-electron chi connectivity index (χ4n) is 2.01. The second-order valence-corrected chi connectivity index (χ2v) is 4.90. The van der Waals surface area contributed by atoms with Gasteiger partial charge >= 0.3 is 5.97 Å². The zero-order valence-electron chi connectivity index (χ0n) is 12.0. The second kappa shape index (κ2) is 9.08. The van der Waals surface area contributed by atoms with Crippen molar-refractivity contribution in [3.63, 3.8) is 0 Å². The summed E-state index contributed by atoms with van der Waals surface area (Å²) in [6, 6.07) is 7.41. The number of carbonyl (C=O) groups excluding carboxylic acids is 1. The molecule has 20 heavy (non-hydrogen) atoms. The van der Waals surface area contributed by atoms with Crippen molar-refractivity contribution in [2.45, 2.75) is 45.4 Å². The molecular formula is C17H22O3. The number of aliphatic carboxylic acids is 1. The molecule has 0 heterocycles. The fraction of sp³-hybridized carbons (Fsp3) is 0.412. The topological polar surface area (TPSA) is 54.4 Å². The normalized spacial score (nSPS) is 10.8. The van der Waals surface area contributed by atoms with E-state index < -0.39 is 5.97 Å². The van der Waals surface area contributed by atoms with Gasteiger partial charge in [-0.1, -0.05) is 56.9 Å². The molecule has 1 aromatic carbocycles. The maximum Gasteiger partial charge on any atom is 0.328 e. The molecular weight excluding hydrogens is 252 g/mol. The van der Waals surface area contributed by atoms with E-state index in [1.165, 1.54) is 37.7 Å². The van der Waals surface area contributed by atoms with Crippen molar-refractivity contribution in [1.29, 1.82) is 0 Å². The number of carboxylic acid groups (broad SMARTS) is 1.